The zero-order valence-electron chi connectivity index (χ0n) is 11.4. The van der Waals surface area contributed by atoms with E-state index in [2.05, 4.69) is 0 Å². The summed E-state index contributed by atoms with van der Waals surface area (Å²) in [4.78, 5) is 21.3. The van der Waals surface area contributed by atoms with Crippen LogP contribution in [-0.4, -0.2) is 34.4 Å². The number of hydrogen-bond donors (Lipinski definition) is 2. The van der Waals surface area contributed by atoms with E-state index in [4.69, 9.17) is 5.11 Å². The molecule has 0 aliphatic carbocycles. The number of rotatable bonds is 5. The molecular formula is C14H10FNO6S. The summed E-state index contributed by atoms with van der Waals surface area (Å²) in [7, 11) is -4.15. The molecule has 1 aromatic carbocycles. The fraction of sp³-hybridized carbons (Fsp3) is 0. The van der Waals surface area contributed by atoms with Crippen LogP contribution in [0.25, 0.3) is 5.76 Å². The van der Waals surface area contributed by atoms with Gasteiger partial charge in [0.25, 0.3) is 15.8 Å². The summed E-state index contributed by atoms with van der Waals surface area (Å²) in [6.07, 6.45) is 1.50. The lowest BCUT2D eigenvalue weighted by Gasteiger charge is -2.10. The van der Waals surface area contributed by atoms with E-state index in [1.807, 2.05) is 0 Å². The molecule has 0 bridgehead atoms. The maximum Gasteiger partial charge on any atom is 0.376 e. The molecule has 7 nitrogen and oxygen atoms in total. The molecule has 0 saturated heterocycles. The Morgan fingerprint density at radius 2 is 1.70 bits per heavy atom. The number of benzene rings is 1. The molecule has 0 spiro atoms. The van der Waals surface area contributed by atoms with Crippen molar-refractivity contribution in [3.63, 3.8) is 0 Å². The molecule has 0 aliphatic heterocycles. The molecule has 2 N–H and O–H groups in total. The van der Waals surface area contributed by atoms with Gasteiger partial charge in [-0.05, 0) is 36.4 Å². The Labute approximate surface area is 130 Å². The summed E-state index contributed by atoms with van der Waals surface area (Å²) < 4.78 is 38.5. The Hall–Kier alpha value is -2.94. The van der Waals surface area contributed by atoms with E-state index in [-0.39, 0.29) is 10.6 Å². The maximum atomic E-state index is 12.9. The topological polar surface area (TPSA) is 114 Å². The fourth-order valence-electron chi connectivity index (χ4n) is 1.75. The highest BCUT2D eigenvalue weighted by Crippen LogP contribution is 2.21. The van der Waals surface area contributed by atoms with Crippen molar-refractivity contribution in [1.29, 1.82) is 0 Å². The number of ketones is 1. The van der Waals surface area contributed by atoms with Gasteiger partial charge in [-0.15, -0.1) is 0 Å². The van der Waals surface area contributed by atoms with Gasteiger partial charge in [-0.2, -0.15) is 0 Å². The van der Waals surface area contributed by atoms with Gasteiger partial charge < -0.3 is 10.2 Å². The minimum absolute atomic E-state index is 0.242. The van der Waals surface area contributed by atoms with E-state index in [1.54, 1.807) is 0 Å². The summed E-state index contributed by atoms with van der Waals surface area (Å²) >= 11 is 0. The van der Waals surface area contributed by atoms with Gasteiger partial charge in [0.1, 0.15) is 11.6 Å². The van der Waals surface area contributed by atoms with E-state index in [9.17, 15) is 27.5 Å². The lowest BCUT2D eigenvalue weighted by Crippen LogP contribution is -2.15. The minimum atomic E-state index is -4.15. The van der Waals surface area contributed by atoms with Crippen LogP contribution in [0.15, 0.2) is 53.6 Å². The Morgan fingerprint density at radius 1 is 1.09 bits per heavy atom. The smallest absolute Gasteiger partial charge is 0.376 e. The van der Waals surface area contributed by atoms with Crippen molar-refractivity contribution in [2.24, 2.45) is 0 Å². The zero-order valence-corrected chi connectivity index (χ0v) is 12.2. The van der Waals surface area contributed by atoms with Crippen LogP contribution in [0.4, 0.5) is 4.39 Å². The molecule has 0 saturated carbocycles. The second-order valence-corrected chi connectivity index (χ2v) is 6.16. The highest BCUT2D eigenvalue weighted by atomic mass is 32.2. The predicted molar refractivity (Wildman–Crippen MR) is 76.7 cm³/mol. The molecule has 1 heterocycles. The van der Waals surface area contributed by atoms with Gasteiger partial charge in [0.15, 0.2) is 0 Å². The number of hydrogen-bond acceptors (Lipinski definition) is 5. The van der Waals surface area contributed by atoms with Gasteiger partial charge in [0.2, 0.25) is 0 Å². The molecule has 0 aliphatic rings. The van der Waals surface area contributed by atoms with Crippen LogP contribution in [-0.2, 0) is 19.6 Å². The maximum absolute atomic E-state index is 12.9. The SMILES string of the molecule is O=C(O)C(=O)C=C(O)c1cccn1S(=O)(=O)c1ccc(F)cc1. The first-order chi connectivity index (χ1) is 10.7. The number of carboxylic acid groups (broad SMARTS) is 1. The molecule has 1 aromatic heterocycles. The van der Waals surface area contributed by atoms with Crippen molar-refractivity contribution in [2.75, 3.05) is 0 Å². The van der Waals surface area contributed by atoms with Crippen molar-refractivity contribution >= 4 is 27.5 Å². The normalized spacial score (nSPS) is 12.1. The van der Waals surface area contributed by atoms with Crippen LogP contribution in [0.5, 0.6) is 0 Å². The van der Waals surface area contributed by atoms with Crippen LogP contribution in [0.2, 0.25) is 0 Å². The number of aliphatic hydroxyl groups is 1. The number of aromatic nitrogens is 1. The van der Waals surface area contributed by atoms with Crippen LogP contribution in [0, 0.1) is 5.82 Å². The average Bonchev–Trinajstić information content (AvgIpc) is 2.97. The lowest BCUT2D eigenvalue weighted by molar-refractivity contribution is -0.146. The van der Waals surface area contributed by atoms with E-state index in [0.29, 0.717) is 10.0 Å². The molecule has 23 heavy (non-hydrogen) atoms. The number of aliphatic carboxylic acids is 1. The highest BCUT2D eigenvalue weighted by Gasteiger charge is 2.22. The second kappa shape index (κ2) is 6.05. The second-order valence-electron chi connectivity index (χ2n) is 4.35. The zero-order chi connectivity index (χ0) is 17.2. The third-order valence-electron chi connectivity index (χ3n) is 2.82. The van der Waals surface area contributed by atoms with Crippen LogP contribution >= 0.6 is 0 Å². The summed E-state index contributed by atoms with van der Waals surface area (Å²) in [6.45, 7) is 0. The van der Waals surface area contributed by atoms with E-state index in [1.165, 1.54) is 12.1 Å². The van der Waals surface area contributed by atoms with Gasteiger partial charge in [-0.3, -0.25) is 4.79 Å². The summed E-state index contributed by atoms with van der Waals surface area (Å²) in [5.41, 5.74) is -0.302. The number of carboxylic acids is 1. The largest absolute Gasteiger partial charge is 0.506 e. The first-order valence-corrected chi connectivity index (χ1v) is 7.54. The molecule has 120 valence electrons. The van der Waals surface area contributed by atoms with Gasteiger partial charge in [0.05, 0.1) is 10.6 Å². The Balaban J connectivity index is 2.51. The number of nitrogens with zero attached hydrogens (tertiary/aromatic N) is 1. The van der Waals surface area contributed by atoms with Gasteiger partial charge in [-0.1, -0.05) is 0 Å². The van der Waals surface area contributed by atoms with E-state index >= 15 is 0 Å². The van der Waals surface area contributed by atoms with E-state index < -0.39 is 33.4 Å². The third-order valence-corrected chi connectivity index (χ3v) is 4.53. The Kier molecular flexibility index (Phi) is 4.32. The molecule has 0 radical (unpaired) electrons. The molecule has 0 fully saturated rings. The third kappa shape index (κ3) is 3.29. The number of halogens is 1. The molecule has 2 aromatic rings. The van der Waals surface area contributed by atoms with Gasteiger partial charge in [0, 0.05) is 12.3 Å². The summed E-state index contributed by atoms with van der Waals surface area (Å²) in [6, 6.07) is 6.46. The molecule has 2 rings (SSSR count). The quantitative estimate of drug-likeness (QED) is 0.484. The average molecular weight is 339 g/mol. The fourth-order valence-corrected chi connectivity index (χ4v) is 3.10. The van der Waals surface area contributed by atoms with Crippen LogP contribution in [0.3, 0.4) is 0 Å². The molecule has 0 unspecified atom stereocenters. The lowest BCUT2D eigenvalue weighted by atomic mass is 10.3. The van der Waals surface area contributed by atoms with Crippen LogP contribution in [0.1, 0.15) is 5.69 Å². The summed E-state index contributed by atoms with van der Waals surface area (Å²) in [5, 5.41) is 18.3. The standard InChI is InChI=1S/C14H10FNO6S/c15-9-3-5-10(6-4-9)23(21,22)16-7-1-2-11(16)12(17)8-13(18)14(19)20/h1-8,17H,(H,19,20). The van der Waals surface area contributed by atoms with Crippen molar-refractivity contribution in [3.8, 4) is 0 Å². The van der Waals surface area contributed by atoms with E-state index in [0.717, 1.165) is 30.5 Å². The predicted octanol–water partition coefficient (Wildman–Crippen LogP) is 1.42. The molecular weight excluding hydrogens is 329 g/mol. The van der Waals surface area contributed by atoms with Crippen molar-refractivity contribution in [1.82, 2.24) is 3.97 Å². The minimum Gasteiger partial charge on any atom is -0.506 e. The van der Waals surface area contributed by atoms with Gasteiger partial charge >= 0.3 is 5.97 Å². The monoisotopic (exact) mass is 339 g/mol. The molecule has 0 atom stereocenters. The van der Waals surface area contributed by atoms with Crippen LogP contribution < -0.4 is 0 Å². The van der Waals surface area contributed by atoms with Crippen molar-refractivity contribution < 1.29 is 32.6 Å². The first kappa shape index (κ1) is 16.4. The van der Waals surface area contributed by atoms with Crippen molar-refractivity contribution in [3.05, 3.63) is 60.2 Å². The number of carbonyl (C=O) groups is 2. The molecule has 9 heteroatoms. The first-order valence-electron chi connectivity index (χ1n) is 6.10. The molecule has 0 amide bonds. The summed E-state index contributed by atoms with van der Waals surface area (Å²) in [5.74, 6) is -4.65. The highest BCUT2D eigenvalue weighted by molar-refractivity contribution is 7.90. The number of aliphatic hydroxyl groups excluding tert-OH is 1. The van der Waals surface area contributed by atoms with Gasteiger partial charge in [-0.25, -0.2) is 21.6 Å². The Bertz CT molecular complexity index is 896. The Morgan fingerprint density at radius 3 is 2.26 bits per heavy atom. The van der Waals surface area contributed by atoms with Crippen molar-refractivity contribution in [2.45, 2.75) is 4.90 Å². The number of carbonyl (C=O) groups excluding carboxylic acids is 1.